The van der Waals surface area contributed by atoms with Crippen molar-refractivity contribution in [2.24, 2.45) is 5.41 Å². The third-order valence-corrected chi connectivity index (χ3v) is 2.16. The zero-order valence-electron chi connectivity index (χ0n) is 8.66. The number of rotatable bonds is 2. The number of nitrogens with zero attached hydrogens (tertiary/aromatic N) is 1. The topological polar surface area (TPSA) is 40.9 Å². The van der Waals surface area contributed by atoms with Crippen LogP contribution in [0.1, 0.15) is 29.8 Å². The lowest BCUT2D eigenvalue weighted by molar-refractivity contribution is 0.0892. The van der Waals surface area contributed by atoms with Crippen molar-refractivity contribution in [3.05, 3.63) is 35.4 Å². The number of hydrogen-bond acceptors (Lipinski definition) is 2. The van der Waals surface area contributed by atoms with E-state index in [1.54, 1.807) is 26.0 Å². The van der Waals surface area contributed by atoms with Crippen molar-refractivity contribution < 1.29 is 4.79 Å². The molecule has 14 heavy (non-hydrogen) atoms. The monoisotopic (exact) mass is 187 g/mol. The van der Waals surface area contributed by atoms with E-state index in [4.69, 9.17) is 5.26 Å². The highest BCUT2D eigenvalue weighted by Gasteiger charge is 2.27. The van der Waals surface area contributed by atoms with Gasteiger partial charge in [0.2, 0.25) is 0 Å². The lowest BCUT2D eigenvalue weighted by Crippen LogP contribution is -2.22. The van der Waals surface area contributed by atoms with E-state index in [0.717, 1.165) is 5.56 Å². The van der Waals surface area contributed by atoms with Gasteiger partial charge in [-0.25, -0.2) is 0 Å². The Labute approximate surface area is 84.2 Å². The van der Waals surface area contributed by atoms with E-state index < -0.39 is 5.41 Å². The predicted octanol–water partition coefficient (Wildman–Crippen LogP) is 2.73. The molecule has 0 radical (unpaired) electrons. The number of carbonyl (C=O) groups excluding carboxylic acids is 1. The molecule has 0 aromatic heterocycles. The molecular weight excluding hydrogens is 174 g/mol. The van der Waals surface area contributed by atoms with Crippen LogP contribution >= 0.6 is 0 Å². The number of aryl methyl sites for hydroxylation is 1. The molecule has 2 heteroatoms. The van der Waals surface area contributed by atoms with Gasteiger partial charge in [0.25, 0.3) is 0 Å². The van der Waals surface area contributed by atoms with Crippen LogP contribution in [0.4, 0.5) is 0 Å². The Hall–Kier alpha value is -1.62. The average Bonchev–Trinajstić information content (AvgIpc) is 2.18. The van der Waals surface area contributed by atoms with Crippen LogP contribution in [0.3, 0.4) is 0 Å². The fraction of sp³-hybridized carbons (Fsp3) is 0.333. The summed E-state index contributed by atoms with van der Waals surface area (Å²) in [6.45, 7) is 5.23. The molecule has 0 saturated heterocycles. The molecule has 1 aromatic rings. The summed E-state index contributed by atoms with van der Waals surface area (Å²) >= 11 is 0. The van der Waals surface area contributed by atoms with Gasteiger partial charge in [-0.2, -0.15) is 5.26 Å². The summed E-state index contributed by atoms with van der Waals surface area (Å²) in [5, 5.41) is 8.81. The number of benzene rings is 1. The van der Waals surface area contributed by atoms with Gasteiger partial charge < -0.3 is 0 Å². The van der Waals surface area contributed by atoms with Crippen LogP contribution in [0, 0.1) is 23.7 Å². The van der Waals surface area contributed by atoms with E-state index in [1.165, 1.54) is 0 Å². The third-order valence-electron chi connectivity index (χ3n) is 2.16. The van der Waals surface area contributed by atoms with Gasteiger partial charge in [0.05, 0.1) is 6.07 Å². The quantitative estimate of drug-likeness (QED) is 0.668. The first kappa shape index (κ1) is 10.5. The highest BCUT2D eigenvalue weighted by atomic mass is 16.1. The fourth-order valence-corrected chi connectivity index (χ4v) is 1.12. The minimum absolute atomic E-state index is 0.125. The zero-order chi connectivity index (χ0) is 10.8. The van der Waals surface area contributed by atoms with E-state index in [0.29, 0.717) is 5.56 Å². The van der Waals surface area contributed by atoms with E-state index >= 15 is 0 Å². The Morgan fingerprint density at radius 3 is 2.21 bits per heavy atom. The molecule has 0 atom stereocenters. The SMILES string of the molecule is Cc1ccc(C(=O)C(C)(C)C#N)cc1. The molecule has 0 aliphatic carbocycles. The van der Waals surface area contributed by atoms with Crippen LogP contribution in [0.25, 0.3) is 0 Å². The minimum atomic E-state index is -0.935. The molecule has 0 N–H and O–H groups in total. The van der Waals surface area contributed by atoms with Gasteiger partial charge in [0.1, 0.15) is 5.41 Å². The van der Waals surface area contributed by atoms with Crippen molar-refractivity contribution in [3.63, 3.8) is 0 Å². The molecule has 0 saturated carbocycles. The second-order valence-electron chi connectivity index (χ2n) is 3.93. The van der Waals surface area contributed by atoms with Crippen molar-refractivity contribution >= 4 is 5.78 Å². The Morgan fingerprint density at radius 2 is 1.79 bits per heavy atom. The van der Waals surface area contributed by atoms with Gasteiger partial charge in [-0.15, -0.1) is 0 Å². The standard InChI is InChI=1S/C12H13NO/c1-9-4-6-10(7-5-9)11(14)12(2,3)8-13/h4-7H,1-3H3. The summed E-state index contributed by atoms with van der Waals surface area (Å²) in [6, 6.07) is 9.28. The predicted molar refractivity (Wildman–Crippen MR) is 54.9 cm³/mol. The van der Waals surface area contributed by atoms with Gasteiger partial charge in [-0.05, 0) is 20.8 Å². The van der Waals surface area contributed by atoms with Crippen molar-refractivity contribution in [3.8, 4) is 6.07 Å². The molecule has 1 aromatic carbocycles. The van der Waals surface area contributed by atoms with Crippen molar-refractivity contribution in [2.75, 3.05) is 0 Å². The number of carbonyl (C=O) groups is 1. The smallest absolute Gasteiger partial charge is 0.182 e. The first-order chi connectivity index (χ1) is 6.47. The summed E-state index contributed by atoms with van der Waals surface area (Å²) in [5.41, 5.74) is 0.772. The van der Waals surface area contributed by atoms with E-state index in [1.807, 2.05) is 25.1 Å². The molecule has 0 heterocycles. The second-order valence-corrected chi connectivity index (χ2v) is 3.93. The molecule has 2 nitrogen and oxygen atoms in total. The normalized spacial score (nSPS) is 10.7. The first-order valence-corrected chi connectivity index (χ1v) is 4.50. The third kappa shape index (κ3) is 2.00. The van der Waals surface area contributed by atoms with E-state index in [-0.39, 0.29) is 5.78 Å². The maximum absolute atomic E-state index is 11.8. The number of Topliss-reactive ketones (excluding diaryl/α,β-unsaturated/α-hetero) is 1. The van der Waals surface area contributed by atoms with Gasteiger partial charge in [-0.1, -0.05) is 29.8 Å². The van der Waals surface area contributed by atoms with Crippen molar-refractivity contribution in [1.29, 1.82) is 5.26 Å². The Morgan fingerprint density at radius 1 is 1.29 bits per heavy atom. The molecule has 0 aliphatic heterocycles. The highest BCUT2D eigenvalue weighted by Crippen LogP contribution is 2.20. The molecule has 0 unspecified atom stereocenters. The summed E-state index contributed by atoms with van der Waals surface area (Å²) in [7, 11) is 0. The maximum atomic E-state index is 11.8. The van der Waals surface area contributed by atoms with Crippen LogP contribution in [0.15, 0.2) is 24.3 Å². The van der Waals surface area contributed by atoms with E-state index in [2.05, 4.69) is 0 Å². The van der Waals surface area contributed by atoms with Crippen LogP contribution in [-0.2, 0) is 0 Å². The van der Waals surface area contributed by atoms with Gasteiger partial charge in [0, 0.05) is 5.56 Å². The van der Waals surface area contributed by atoms with Crippen LogP contribution in [0.5, 0.6) is 0 Å². The summed E-state index contributed by atoms with van der Waals surface area (Å²) in [4.78, 5) is 11.8. The minimum Gasteiger partial charge on any atom is -0.292 e. The van der Waals surface area contributed by atoms with Crippen LogP contribution in [-0.4, -0.2) is 5.78 Å². The van der Waals surface area contributed by atoms with Crippen LogP contribution < -0.4 is 0 Å². The average molecular weight is 187 g/mol. The Bertz CT molecular complexity index is 382. The first-order valence-electron chi connectivity index (χ1n) is 4.50. The molecule has 0 aliphatic rings. The fourth-order valence-electron chi connectivity index (χ4n) is 1.12. The second kappa shape index (κ2) is 3.63. The number of ketones is 1. The van der Waals surface area contributed by atoms with Crippen molar-refractivity contribution in [2.45, 2.75) is 20.8 Å². The molecule has 72 valence electrons. The summed E-state index contributed by atoms with van der Waals surface area (Å²) in [6.07, 6.45) is 0. The molecule has 0 spiro atoms. The van der Waals surface area contributed by atoms with Crippen LogP contribution in [0.2, 0.25) is 0 Å². The molecule has 1 rings (SSSR count). The lowest BCUT2D eigenvalue weighted by atomic mass is 9.86. The zero-order valence-corrected chi connectivity index (χ0v) is 8.66. The Kier molecular flexibility index (Phi) is 2.71. The maximum Gasteiger partial charge on any atom is 0.182 e. The van der Waals surface area contributed by atoms with E-state index in [9.17, 15) is 4.79 Å². The highest BCUT2D eigenvalue weighted by molar-refractivity contribution is 6.01. The molecule has 0 fully saturated rings. The molecule has 0 amide bonds. The summed E-state index contributed by atoms with van der Waals surface area (Å²) in [5.74, 6) is -0.125. The van der Waals surface area contributed by atoms with Gasteiger partial charge >= 0.3 is 0 Å². The Balaban J connectivity index is 3.03. The number of nitriles is 1. The largest absolute Gasteiger partial charge is 0.292 e. The molecular formula is C12H13NO. The van der Waals surface area contributed by atoms with Gasteiger partial charge in [-0.3, -0.25) is 4.79 Å². The molecule has 0 bridgehead atoms. The van der Waals surface area contributed by atoms with Crippen molar-refractivity contribution in [1.82, 2.24) is 0 Å². The number of hydrogen-bond donors (Lipinski definition) is 0. The van der Waals surface area contributed by atoms with Gasteiger partial charge in [0.15, 0.2) is 5.78 Å². The lowest BCUT2D eigenvalue weighted by Gasteiger charge is -2.13. The summed E-state index contributed by atoms with van der Waals surface area (Å²) < 4.78 is 0.